The van der Waals surface area contributed by atoms with Crippen molar-refractivity contribution in [3.05, 3.63) is 59.7 Å². The number of nitrogens with one attached hydrogen (secondary N) is 1. The van der Waals surface area contributed by atoms with Crippen LogP contribution in [-0.4, -0.2) is 50.6 Å². The number of hydrogen-bond acceptors (Lipinski definition) is 4. The van der Waals surface area contributed by atoms with E-state index in [1.54, 1.807) is 7.11 Å². The molecule has 0 unspecified atom stereocenters. The van der Waals surface area contributed by atoms with Gasteiger partial charge in [0.1, 0.15) is 5.75 Å². The number of benzene rings is 2. The number of piperazine rings is 1. The van der Waals surface area contributed by atoms with Crippen LogP contribution in [0.2, 0.25) is 0 Å². The Hall–Kier alpha value is -2.53. The minimum absolute atomic E-state index is 0.156. The zero-order valence-corrected chi connectivity index (χ0v) is 15.6. The summed E-state index contributed by atoms with van der Waals surface area (Å²) in [5, 5.41) is 3.24. The molecule has 0 aliphatic carbocycles. The highest BCUT2D eigenvalue weighted by Gasteiger charge is 2.21. The van der Waals surface area contributed by atoms with Gasteiger partial charge in [0, 0.05) is 44.0 Å². The van der Waals surface area contributed by atoms with Crippen LogP contribution in [0.3, 0.4) is 0 Å². The fourth-order valence-corrected chi connectivity index (χ4v) is 3.30. The van der Waals surface area contributed by atoms with Crippen molar-refractivity contribution in [2.45, 2.75) is 13.5 Å². The Bertz CT molecular complexity index is 740. The Kier molecular flexibility index (Phi) is 6.12. The molecular formula is C21H27N3O2. The molecule has 1 heterocycles. The van der Waals surface area contributed by atoms with Crippen LogP contribution >= 0.6 is 0 Å². The number of para-hydroxylation sites is 1. The zero-order chi connectivity index (χ0) is 18.4. The average molecular weight is 353 g/mol. The van der Waals surface area contributed by atoms with Crippen LogP contribution in [0.1, 0.15) is 11.1 Å². The number of rotatable bonds is 6. The molecule has 1 aliphatic heterocycles. The van der Waals surface area contributed by atoms with Gasteiger partial charge < -0.3 is 19.9 Å². The summed E-state index contributed by atoms with van der Waals surface area (Å²) in [5.41, 5.74) is 3.57. The lowest BCUT2D eigenvalue weighted by Crippen LogP contribution is -2.50. The third-order valence-electron chi connectivity index (χ3n) is 4.78. The summed E-state index contributed by atoms with van der Waals surface area (Å²) in [5.74, 6) is 1.00. The van der Waals surface area contributed by atoms with E-state index < -0.39 is 0 Å². The Morgan fingerprint density at radius 3 is 2.58 bits per heavy atom. The predicted molar refractivity (Wildman–Crippen MR) is 105 cm³/mol. The van der Waals surface area contributed by atoms with E-state index in [1.807, 2.05) is 29.2 Å². The van der Waals surface area contributed by atoms with Gasteiger partial charge in [-0.3, -0.25) is 4.79 Å². The molecule has 1 fully saturated rings. The molecule has 0 radical (unpaired) electrons. The quantitative estimate of drug-likeness (QED) is 0.866. The van der Waals surface area contributed by atoms with E-state index in [9.17, 15) is 4.79 Å². The summed E-state index contributed by atoms with van der Waals surface area (Å²) in [7, 11) is 1.66. The van der Waals surface area contributed by atoms with Crippen LogP contribution in [-0.2, 0) is 11.3 Å². The standard InChI is InChI=1S/C21H27N3O2/c1-17-6-5-8-19(14-17)23-10-12-24(13-11-23)21(25)16-22-15-18-7-3-4-9-20(18)26-2/h3-9,14,22H,10-13,15-16H2,1-2H3. The van der Waals surface area contributed by atoms with Crippen LogP contribution < -0.4 is 15.0 Å². The number of carbonyl (C=O) groups is 1. The van der Waals surface area contributed by atoms with Gasteiger partial charge in [0.05, 0.1) is 13.7 Å². The molecule has 1 aliphatic rings. The van der Waals surface area contributed by atoms with Gasteiger partial charge in [0.2, 0.25) is 5.91 Å². The molecule has 2 aromatic carbocycles. The highest BCUT2D eigenvalue weighted by atomic mass is 16.5. The molecule has 3 rings (SSSR count). The monoisotopic (exact) mass is 353 g/mol. The molecule has 1 amide bonds. The number of carbonyl (C=O) groups excluding carboxylic acids is 1. The fraction of sp³-hybridized carbons (Fsp3) is 0.381. The van der Waals surface area contributed by atoms with E-state index in [0.29, 0.717) is 13.1 Å². The first-order valence-corrected chi connectivity index (χ1v) is 9.09. The molecular weight excluding hydrogens is 326 g/mol. The first-order chi connectivity index (χ1) is 12.7. The average Bonchev–Trinajstić information content (AvgIpc) is 2.68. The maximum atomic E-state index is 12.5. The van der Waals surface area contributed by atoms with Crippen LogP contribution in [0.15, 0.2) is 48.5 Å². The lowest BCUT2D eigenvalue weighted by molar-refractivity contribution is -0.130. The lowest BCUT2D eigenvalue weighted by atomic mass is 10.2. The fourth-order valence-electron chi connectivity index (χ4n) is 3.30. The molecule has 2 aromatic rings. The molecule has 1 N–H and O–H groups in total. The van der Waals surface area contributed by atoms with Gasteiger partial charge in [-0.25, -0.2) is 0 Å². The molecule has 0 atom stereocenters. The first-order valence-electron chi connectivity index (χ1n) is 9.09. The molecule has 26 heavy (non-hydrogen) atoms. The second-order valence-electron chi connectivity index (χ2n) is 6.62. The van der Waals surface area contributed by atoms with Gasteiger partial charge in [-0.05, 0) is 30.7 Å². The van der Waals surface area contributed by atoms with Crippen LogP contribution in [0, 0.1) is 6.92 Å². The van der Waals surface area contributed by atoms with Crippen molar-refractivity contribution in [2.75, 3.05) is 44.7 Å². The van der Waals surface area contributed by atoms with Crippen molar-refractivity contribution >= 4 is 11.6 Å². The van der Waals surface area contributed by atoms with E-state index in [0.717, 1.165) is 37.5 Å². The highest BCUT2D eigenvalue weighted by molar-refractivity contribution is 5.78. The molecule has 0 bridgehead atoms. The van der Waals surface area contributed by atoms with E-state index in [-0.39, 0.29) is 5.91 Å². The number of hydrogen-bond donors (Lipinski definition) is 1. The zero-order valence-electron chi connectivity index (χ0n) is 15.6. The smallest absolute Gasteiger partial charge is 0.236 e. The minimum atomic E-state index is 0.156. The van der Waals surface area contributed by atoms with E-state index in [4.69, 9.17) is 4.74 Å². The lowest BCUT2D eigenvalue weighted by Gasteiger charge is -2.36. The first kappa shape index (κ1) is 18.3. The summed E-state index contributed by atoms with van der Waals surface area (Å²) in [6.45, 7) is 6.37. The largest absolute Gasteiger partial charge is 0.496 e. The van der Waals surface area contributed by atoms with Gasteiger partial charge in [0.25, 0.3) is 0 Å². The minimum Gasteiger partial charge on any atom is -0.496 e. The van der Waals surface area contributed by atoms with Crippen molar-refractivity contribution < 1.29 is 9.53 Å². The molecule has 5 heteroatoms. The van der Waals surface area contributed by atoms with E-state index >= 15 is 0 Å². The Balaban J connectivity index is 1.45. The summed E-state index contributed by atoms with van der Waals surface area (Å²) >= 11 is 0. The molecule has 0 saturated carbocycles. The summed E-state index contributed by atoms with van der Waals surface area (Å²) < 4.78 is 5.34. The van der Waals surface area contributed by atoms with Crippen molar-refractivity contribution in [1.29, 1.82) is 0 Å². The van der Waals surface area contributed by atoms with Gasteiger partial charge in [-0.2, -0.15) is 0 Å². The number of anilines is 1. The van der Waals surface area contributed by atoms with Gasteiger partial charge >= 0.3 is 0 Å². The number of nitrogens with zero attached hydrogens (tertiary/aromatic N) is 2. The number of ether oxygens (including phenoxy) is 1. The summed E-state index contributed by atoms with van der Waals surface area (Å²) in [6.07, 6.45) is 0. The summed E-state index contributed by atoms with van der Waals surface area (Å²) in [6, 6.07) is 16.4. The van der Waals surface area contributed by atoms with E-state index in [1.165, 1.54) is 11.3 Å². The second-order valence-corrected chi connectivity index (χ2v) is 6.62. The molecule has 0 spiro atoms. The van der Waals surface area contributed by atoms with Crippen LogP contribution in [0.4, 0.5) is 5.69 Å². The summed E-state index contributed by atoms with van der Waals surface area (Å²) in [4.78, 5) is 16.7. The van der Waals surface area contributed by atoms with Gasteiger partial charge in [0.15, 0.2) is 0 Å². The maximum Gasteiger partial charge on any atom is 0.236 e. The third kappa shape index (κ3) is 4.55. The van der Waals surface area contributed by atoms with Gasteiger partial charge in [-0.1, -0.05) is 30.3 Å². The van der Waals surface area contributed by atoms with Crippen molar-refractivity contribution in [2.24, 2.45) is 0 Å². The normalized spacial score (nSPS) is 14.4. The predicted octanol–water partition coefficient (Wildman–Crippen LogP) is 2.44. The molecule has 5 nitrogen and oxygen atoms in total. The Morgan fingerprint density at radius 2 is 1.85 bits per heavy atom. The SMILES string of the molecule is COc1ccccc1CNCC(=O)N1CCN(c2cccc(C)c2)CC1. The van der Waals surface area contributed by atoms with E-state index in [2.05, 4.69) is 41.4 Å². The van der Waals surface area contributed by atoms with Crippen molar-refractivity contribution in [3.8, 4) is 5.75 Å². The van der Waals surface area contributed by atoms with Gasteiger partial charge in [-0.15, -0.1) is 0 Å². The third-order valence-corrected chi connectivity index (χ3v) is 4.78. The van der Waals surface area contributed by atoms with Crippen LogP contribution in [0.5, 0.6) is 5.75 Å². The van der Waals surface area contributed by atoms with Crippen molar-refractivity contribution in [3.63, 3.8) is 0 Å². The topological polar surface area (TPSA) is 44.8 Å². The second kappa shape index (κ2) is 8.72. The van der Waals surface area contributed by atoms with Crippen molar-refractivity contribution in [1.82, 2.24) is 10.2 Å². The Morgan fingerprint density at radius 1 is 1.08 bits per heavy atom. The molecule has 0 aromatic heterocycles. The van der Waals surface area contributed by atoms with Crippen LogP contribution in [0.25, 0.3) is 0 Å². The number of methoxy groups -OCH3 is 1. The number of amides is 1. The molecule has 138 valence electrons. The molecule has 1 saturated heterocycles. The maximum absolute atomic E-state index is 12.5. The highest BCUT2D eigenvalue weighted by Crippen LogP contribution is 2.18. The Labute approximate surface area is 155 Å². The number of aryl methyl sites for hydroxylation is 1.